The van der Waals surface area contributed by atoms with Crippen LogP contribution in [0.5, 0.6) is 11.5 Å². The fraction of sp³-hybridized carbons (Fsp3) is 0.276. The van der Waals surface area contributed by atoms with Crippen LogP contribution >= 0.6 is 0 Å². The largest absolute Gasteiger partial charge is 0.457 e. The Morgan fingerprint density at radius 2 is 2.00 bits per heavy atom. The van der Waals surface area contributed by atoms with Gasteiger partial charge >= 0.3 is 0 Å². The molecule has 1 aliphatic rings. The van der Waals surface area contributed by atoms with Gasteiger partial charge in [0.15, 0.2) is 5.65 Å². The van der Waals surface area contributed by atoms with Crippen LogP contribution in [-0.2, 0) is 11.3 Å². The van der Waals surface area contributed by atoms with Gasteiger partial charge in [-0.15, -0.1) is 0 Å². The molecule has 4 aromatic rings. The third kappa shape index (κ3) is 5.48. The zero-order valence-electron chi connectivity index (χ0n) is 22.2. The van der Waals surface area contributed by atoms with E-state index in [4.69, 9.17) is 21.3 Å². The standard InChI is InChI=1S/C29H29FN8O2/c1-29(2,33)14-18(15-31)28(39)37-12-6-7-19(37)16-38-27-24(26(32)34-17-35-27)25(36-38)22-11-10-21(13-23(22)30)40-20-8-4-3-5-9-20/h3-5,8-11,13-14,17,19H,6-7,12,16,33H2,1-2H3,(H2,32,34,35)/b18-14-. The van der Waals surface area contributed by atoms with Crippen molar-refractivity contribution in [3.05, 3.63) is 72.3 Å². The summed E-state index contributed by atoms with van der Waals surface area (Å²) < 4.78 is 22.8. The van der Waals surface area contributed by atoms with Gasteiger partial charge in [0.05, 0.1) is 18.0 Å². The number of aromatic nitrogens is 4. The number of carbonyl (C=O) groups excluding carboxylic acids is 1. The van der Waals surface area contributed by atoms with E-state index in [2.05, 4.69) is 9.97 Å². The number of hydrogen-bond acceptors (Lipinski definition) is 8. The molecular weight excluding hydrogens is 511 g/mol. The maximum Gasteiger partial charge on any atom is 0.264 e. The van der Waals surface area contributed by atoms with Crippen molar-refractivity contribution < 1.29 is 13.9 Å². The van der Waals surface area contributed by atoms with Crippen LogP contribution in [0, 0.1) is 17.1 Å². The quantitative estimate of drug-likeness (QED) is 0.262. The van der Waals surface area contributed by atoms with Crippen LogP contribution in [-0.4, -0.2) is 48.7 Å². The molecule has 1 saturated heterocycles. The van der Waals surface area contributed by atoms with Crippen molar-refractivity contribution in [3.8, 4) is 28.8 Å². The number of carbonyl (C=O) groups is 1. The van der Waals surface area contributed by atoms with Gasteiger partial charge in [0.2, 0.25) is 0 Å². The summed E-state index contributed by atoms with van der Waals surface area (Å²) in [4.78, 5) is 23.4. The summed E-state index contributed by atoms with van der Waals surface area (Å²) >= 11 is 0. The molecule has 0 radical (unpaired) electrons. The number of para-hydroxylation sites is 1. The Morgan fingerprint density at radius 3 is 2.70 bits per heavy atom. The Balaban J connectivity index is 1.48. The Labute approximate surface area is 230 Å². The molecular formula is C29H29FN8O2. The lowest BCUT2D eigenvalue weighted by Crippen LogP contribution is -2.40. The number of fused-ring (bicyclic) bond motifs is 1. The highest BCUT2D eigenvalue weighted by molar-refractivity contribution is 5.99. The second-order valence-corrected chi connectivity index (χ2v) is 10.3. The van der Waals surface area contributed by atoms with Crippen LogP contribution in [0.15, 0.2) is 66.5 Å². The van der Waals surface area contributed by atoms with Gasteiger partial charge in [0, 0.05) is 23.7 Å². The Hall–Kier alpha value is -4.82. The SMILES string of the molecule is CC(C)(N)/C=C(/C#N)C(=O)N1CCCC1Cn1nc(-c2ccc(Oc3ccccc3)cc2F)c2c(N)ncnc21. The number of likely N-dealkylation sites (tertiary alicyclic amines) is 1. The monoisotopic (exact) mass is 540 g/mol. The number of nitrogens with two attached hydrogens (primary N) is 2. The van der Waals surface area contributed by atoms with Gasteiger partial charge in [0.1, 0.15) is 46.8 Å². The van der Waals surface area contributed by atoms with Gasteiger partial charge in [-0.1, -0.05) is 18.2 Å². The van der Waals surface area contributed by atoms with E-state index in [0.717, 1.165) is 6.42 Å². The first-order valence-corrected chi connectivity index (χ1v) is 12.9. The molecule has 0 saturated carbocycles. The Bertz CT molecular complexity index is 1640. The molecule has 1 aliphatic heterocycles. The summed E-state index contributed by atoms with van der Waals surface area (Å²) in [6.07, 6.45) is 4.27. The van der Waals surface area contributed by atoms with E-state index >= 15 is 4.39 Å². The molecule has 0 spiro atoms. The maximum atomic E-state index is 15.4. The maximum absolute atomic E-state index is 15.4. The number of benzene rings is 2. The molecule has 40 heavy (non-hydrogen) atoms. The van der Waals surface area contributed by atoms with Crippen molar-refractivity contribution in [2.24, 2.45) is 5.73 Å². The predicted octanol–water partition coefficient (Wildman–Crippen LogP) is 4.19. The molecule has 2 aromatic heterocycles. The molecule has 204 valence electrons. The lowest BCUT2D eigenvalue weighted by molar-refractivity contribution is -0.127. The first kappa shape index (κ1) is 26.8. The molecule has 1 unspecified atom stereocenters. The van der Waals surface area contributed by atoms with Gasteiger partial charge in [-0.25, -0.2) is 19.0 Å². The van der Waals surface area contributed by atoms with Gasteiger partial charge in [-0.05, 0) is 57.0 Å². The summed E-state index contributed by atoms with van der Waals surface area (Å²) in [7, 11) is 0. The fourth-order valence-corrected chi connectivity index (χ4v) is 4.88. The lowest BCUT2D eigenvalue weighted by Gasteiger charge is -2.25. The number of halogens is 1. The number of nitriles is 1. The van der Waals surface area contributed by atoms with Gasteiger partial charge < -0.3 is 21.1 Å². The molecule has 1 amide bonds. The topological polar surface area (TPSA) is 149 Å². The van der Waals surface area contributed by atoms with Crippen molar-refractivity contribution in [1.82, 2.24) is 24.6 Å². The van der Waals surface area contributed by atoms with Crippen LogP contribution in [0.2, 0.25) is 0 Å². The second kappa shape index (κ2) is 10.7. The van der Waals surface area contributed by atoms with Gasteiger partial charge in [-0.3, -0.25) is 4.79 Å². The molecule has 2 aromatic carbocycles. The highest BCUT2D eigenvalue weighted by Crippen LogP contribution is 2.35. The van der Waals surface area contributed by atoms with E-state index in [1.807, 2.05) is 24.3 Å². The minimum absolute atomic E-state index is 0.00290. The highest BCUT2D eigenvalue weighted by Gasteiger charge is 2.33. The highest BCUT2D eigenvalue weighted by atomic mass is 19.1. The third-order valence-corrected chi connectivity index (χ3v) is 6.62. The molecule has 0 bridgehead atoms. The molecule has 4 N–H and O–H groups in total. The molecule has 3 heterocycles. The lowest BCUT2D eigenvalue weighted by atomic mass is 10.0. The van der Waals surface area contributed by atoms with Crippen LogP contribution in [0.3, 0.4) is 0 Å². The summed E-state index contributed by atoms with van der Waals surface area (Å²) in [6.45, 7) is 4.22. The number of hydrogen-bond donors (Lipinski definition) is 2. The molecule has 11 heteroatoms. The minimum Gasteiger partial charge on any atom is -0.457 e. The summed E-state index contributed by atoms with van der Waals surface area (Å²) in [5, 5.41) is 14.7. The van der Waals surface area contributed by atoms with E-state index in [9.17, 15) is 10.1 Å². The van der Waals surface area contributed by atoms with Gasteiger partial charge in [-0.2, -0.15) is 10.4 Å². The van der Waals surface area contributed by atoms with Crippen molar-refractivity contribution in [2.45, 2.75) is 44.8 Å². The zero-order chi connectivity index (χ0) is 28.4. The zero-order valence-corrected chi connectivity index (χ0v) is 22.2. The number of amides is 1. The Kier molecular flexibility index (Phi) is 7.19. The van der Waals surface area contributed by atoms with Crippen molar-refractivity contribution in [2.75, 3.05) is 12.3 Å². The van der Waals surface area contributed by atoms with E-state index < -0.39 is 11.4 Å². The van der Waals surface area contributed by atoms with E-state index in [0.29, 0.717) is 35.5 Å². The number of nitrogens with zero attached hydrogens (tertiary/aromatic N) is 6. The predicted molar refractivity (Wildman–Crippen MR) is 148 cm³/mol. The third-order valence-electron chi connectivity index (χ3n) is 6.62. The molecule has 10 nitrogen and oxygen atoms in total. The number of anilines is 1. The molecule has 5 rings (SSSR count). The van der Waals surface area contributed by atoms with E-state index in [-0.39, 0.29) is 41.1 Å². The smallest absolute Gasteiger partial charge is 0.264 e. The normalized spacial score (nSPS) is 15.8. The van der Waals surface area contributed by atoms with Crippen LogP contribution in [0.4, 0.5) is 10.2 Å². The van der Waals surface area contributed by atoms with Crippen molar-refractivity contribution in [3.63, 3.8) is 0 Å². The number of ether oxygens (including phenoxy) is 1. The first-order valence-electron chi connectivity index (χ1n) is 12.9. The fourth-order valence-electron chi connectivity index (χ4n) is 4.88. The molecule has 0 aliphatic carbocycles. The minimum atomic E-state index is -0.816. The molecule has 1 atom stereocenters. The summed E-state index contributed by atoms with van der Waals surface area (Å²) in [6, 6.07) is 15.3. The number of nitrogen functional groups attached to an aromatic ring is 1. The van der Waals surface area contributed by atoms with E-state index in [1.54, 1.807) is 47.7 Å². The van der Waals surface area contributed by atoms with Crippen LogP contribution in [0.1, 0.15) is 26.7 Å². The van der Waals surface area contributed by atoms with Crippen LogP contribution < -0.4 is 16.2 Å². The molecule has 1 fully saturated rings. The average Bonchev–Trinajstić information content (AvgIpc) is 3.53. The van der Waals surface area contributed by atoms with Crippen molar-refractivity contribution in [1.29, 1.82) is 5.26 Å². The average molecular weight is 541 g/mol. The summed E-state index contributed by atoms with van der Waals surface area (Å²) in [5.74, 6) is 0.155. The van der Waals surface area contributed by atoms with Crippen LogP contribution in [0.25, 0.3) is 22.3 Å². The Morgan fingerprint density at radius 1 is 1.23 bits per heavy atom. The van der Waals surface area contributed by atoms with Gasteiger partial charge in [0.25, 0.3) is 5.91 Å². The number of rotatable bonds is 7. The second-order valence-electron chi connectivity index (χ2n) is 10.3. The first-order chi connectivity index (χ1) is 19.1. The summed E-state index contributed by atoms with van der Waals surface area (Å²) in [5.41, 5.74) is 12.3. The van der Waals surface area contributed by atoms with Crippen molar-refractivity contribution >= 4 is 22.8 Å². The van der Waals surface area contributed by atoms with E-state index in [1.165, 1.54) is 18.5 Å².